The second kappa shape index (κ2) is 4.85. The SMILES string of the molecule is CC1CC(O)C(C)C(C)(C(=O)c2ccccc2)C1. The molecule has 1 aliphatic carbocycles. The lowest BCUT2D eigenvalue weighted by atomic mass is 9.61. The van der Waals surface area contributed by atoms with Gasteiger partial charge < -0.3 is 5.11 Å². The van der Waals surface area contributed by atoms with Crippen LogP contribution in [0, 0.1) is 17.3 Å². The number of hydrogen-bond acceptors (Lipinski definition) is 2. The average molecular weight is 246 g/mol. The zero-order valence-corrected chi connectivity index (χ0v) is 11.4. The maximum absolute atomic E-state index is 12.7. The van der Waals surface area contributed by atoms with E-state index in [-0.39, 0.29) is 17.8 Å². The molecule has 0 aromatic heterocycles. The number of ketones is 1. The molecule has 4 atom stereocenters. The number of Topliss-reactive ketones (excluding diaryl/α,β-unsaturated/α-hetero) is 1. The highest BCUT2D eigenvalue weighted by atomic mass is 16.3. The highest BCUT2D eigenvalue weighted by Gasteiger charge is 2.46. The first-order valence-electron chi connectivity index (χ1n) is 6.73. The van der Waals surface area contributed by atoms with Crippen LogP contribution in [0.25, 0.3) is 0 Å². The Morgan fingerprint density at radius 2 is 1.89 bits per heavy atom. The molecule has 98 valence electrons. The van der Waals surface area contributed by atoms with Crippen molar-refractivity contribution in [3.8, 4) is 0 Å². The standard InChI is InChI=1S/C16H22O2/c1-11-9-14(17)12(2)16(3,10-11)15(18)13-7-5-4-6-8-13/h4-8,11-12,14,17H,9-10H2,1-3H3. The van der Waals surface area contributed by atoms with Gasteiger partial charge in [-0.3, -0.25) is 4.79 Å². The maximum atomic E-state index is 12.7. The minimum absolute atomic E-state index is 0.0152. The number of rotatable bonds is 2. The van der Waals surface area contributed by atoms with Gasteiger partial charge in [-0.2, -0.15) is 0 Å². The van der Waals surface area contributed by atoms with Crippen molar-refractivity contribution >= 4 is 5.78 Å². The van der Waals surface area contributed by atoms with Crippen molar-refractivity contribution in [2.24, 2.45) is 17.3 Å². The van der Waals surface area contributed by atoms with E-state index >= 15 is 0 Å². The van der Waals surface area contributed by atoms with Crippen LogP contribution in [0.4, 0.5) is 0 Å². The van der Waals surface area contributed by atoms with E-state index in [2.05, 4.69) is 6.92 Å². The molecule has 4 unspecified atom stereocenters. The summed E-state index contributed by atoms with van der Waals surface area (Å²) in [5.41, 5.74) is 0.312. The minimum Gasteiger partial charge on any atom is -0.393 e. The summed E-state index contributed by atoms with van der Waals surface area (Å²) in [6, 6.07) is 9.44. The molecule has 1 N–H and O–H groups in total. The van der Waals surface area contributed by atoms with E-state index in [0.29, 0.717) is 5.92 Å². The zero-order valence-electron chi connectivity index (χ0n) is 11.4. The number of carbonyl (C=O) groups excluding carboxylic acids is 1. The zero-order chi connectivity index (χ0) is 13.3. The number of benzene rings is 1. The summed E-state index contributed by atoms with van der Waals surface area (Å²) >= 11 is 0. The Hall–Kier alpha value is -1.15. The van der Waals surface area contributed by atoms with Crippen molar-refractivity contribution in [2.75, 3.05) is 0 Å². The Labute approximate surface area is 109 Å². The molecule has 1 aromatic rings. The summed E-state index contributed by atoms with van der Waals surface area (Å²) in [5, 5.41) is 10.1. The molecule has 2 heteroatoms. The second-order valence-electron chi connectivity index (χ2n) is 6.01. The van der Waals surface area contributed by atoms with Gasteiger partial charge in [0.05, 0.1) is 6.10 Å². The Morgan fingerprint density at radius 1 is 1.28 bits per heavy atom. The molecule has 1 saturated carbocycles. The van der Waals surface area contributed by atoms with Crippen molar-refractivity contribution in [1.82, 2.24) is 0 Å². The van der Waals surface area contributed by atoms with E-state index in [9.17, 15) is 9.90 Å². The van der Waals surface area contributed by atoms with Crippen LogP contribution in [0.1, 0.15) is 44.0 Å². The summed E-state index contributed by atoms with van der Waals surface area (Å²) < 4.78 is 0. The van der Waals surface area contributed by atoms with Crippen molar-refractivity contribution in [2.45, 2.75) is 39.7 Å². The monoisotopic (exact) mass is 246 g/mol. The third kappa shape index (κ3) is 2.22. The first kappa shape index (κ1) is 13.3. The van der Waals surface area contributed by atoms with Gasteiger partial charge in [0.15, 0.2) is 5.78 Å². The molecule has 1 fully saturated rings. The van der Waals surface area contributed by atoms with E-state index in [1.54, 1.807) is 0 Å². The molecule has 0 saturated heterocycles. The lowest BCUT2D eigenvalue weighted by molar-refractivity contribution is -0.0187. The predicted octanol–water partition coefficient (Wildman–Crippen LogP) is 3.30. The van der Waals surface area contributed by atoms with Crippen LogP contribution >= 0.6 is 0 Å². The summed E-state index contributed by atoms with van der Waals surface area (Å²) in [6.45, 7) is 6.12. The summed E-state index contributed by atoms with van der Waals surface area (Å²) in [6.07, 6.45) is 1.30. The first-order valence-corrected chi connectivity index (χ1v) is 6.73. The smallest absolute Gasteiger partial charge is 0.169 e. The van der Waals surface area contributed by atoms with Gasteiger partial charge in [0.25, 0.3) is 0 Å². The lowest BCUT2D eigenvalue weighted by Crippen LogP contribution is -2.46. The number of carbonyl (C=O) groups is 1. The molecule has 0 amide bonds. The summed E-state index contributed by atoms with van der Waals surface area (Å²) in [5.74, 6) is 0.580. The fourth-order valence-electron chi connectivity index (χ4n) is 3.25. The largest absolute Gasteiger partial charge is 0.393 e. The molecule has 0 heterocycles. The van der Waals surface area contributed by atoms with Gasteiger partial charge in [-0.1, -0.05) is 51.1 Å². The second-order valence-corrected chi connectivity index (χ2v) is 6.01. The highest BCUT2D eigenvalue weighted by Crippen LogP contribution is 2.45. The van der Waals surface area contributed by atoms with Crippen LogP contribution < -0.4 is 0 Å². The van der Waals surface area contributed by atoms with Crippen molar-refractivity contribution < 1.29 is 9.90 Å². The van der Waals surface area contributed by atoms with Gasteiger partial charge in [0.2, 0.25) is 0 Å². The predicted molar refractivity (Wildman–Crippen MR) is 72.4 cm³/mol. The Morgan fingerprint density at radius 3 is 2.50 bits per heavy atom. The first-order chi connectivity index (χ1) is 8.45. The minimum atomic E-state index is -0.446. The van der Waals surface area contributed by atoms with E-state index in [0.717, 1.165) is 18.4 Å². The van der Waals surface area contributed by atoms with Crippen LogP contribution in [0.3, 0.4) is 0 Å². The van der Waals surface area contributed by atoms with Gasteiger partial charge in [-0.15, -0.1) is 0 Å². The number of aliphatic hydroxyl groups excluding tert-OH is 1. The highest BCUT2D eigenvalue weighted by molar-refractivity contribution is 6.00. The van der Waals surface area contributed by atoms with Crippen molar-refractivity contribution in [3.05, 3.63) is 35.9 Å². The quantitative estimate of drug-likeness (QED) is 0.813. The van der Waals surface area contributed by atoms with Gasteiger partial charge in [-0.05, 0) is 24.7 Å². The number of aliphatic hydroxyl groups is 1. The third-order valence-corrected chi connectivity index (χ3v) is 4.55. The van der Waals surface area contributed by atoms with Crippen LogP contribution in [0.5, 0.6) is 0 Å². The molecule has 0 bridgehead atoms. The van der Waals surface area contributed by atoms with Gasteiger partial charge >= 0.3 is 0 Å². The molecule has 0 spiro atoms. The van der Waals surface area contributed by atoms with E-state index in [1.165, 1.54) is 0 Å². The molecule has 2 nitrogen and oxygen atoms in total. The Bertz CT molecular complexity index is 426. The van der Waals surface area contributed by atoms with Gasteiger partial charge in [0, 0.05) is 11.0 Å². The average Bonchev–Trinajstić information content (AvgIpc) is 2.36. The van der Waals surface area contributed by atoms with Gasteiger partial charge in [-0.25, -0.2) is 0 Å². The molecule has 1 aromatic carbocycles. The van der Waals surface area contributed by atoms with Crippen molar-refractivity contribution in [1.29, 1.82) is 0 Å². The Kier molecular flexibility index (Phi) is 3.58. The maximum Gasteiger partial charge on any atom is 0.169 e. The normalized spacial score (nSPS) is 36.3. The van der Waals surface area contributed by atoms with Crippen LogP contribution in [0.15, 0.2) is 30.3 Å². The van der Waals surface area contributed by atoms with E-state index in [1.807, 2.05) is 44.2 Å². The van der Waals surface area contributed by atoms with Crippen LogP contribution in [-0.2, 0) is 0 Å². The van der Waals surface area contributed by atoms with Crippen LogP contribution in [0.2, 0.25) is 0 Å². The van der Waals surface area contributed by atoms with E-state index in [4.69, 9.17) is 0 Å². The molecule has 0 aliphatic heterocycles. The number of hydrogen-bond donors (Lipinski definition) is 1. The fourth-order valence-corrected chi connectivity index (χ4v) is 3.25. The molecular formula is C16H22O2. The van der Waals surface area contributed by atoms with E-state index < -0.39 is 5.41 Å². The third-order valence-electron chi connectivity index (χ3n) is 4.55. The molecule has 1 aliphatic rings. The Balaban J connectivity index is 2.32. The summed E-state index contributed by atoms with van der Waals surface area (Å²) in [7, 11) is 0. The van der Waals surface area contributed by atoms with Crippen LogP contribution in [-0.4, -0.2) is 17.0 Å². The molecule has 0 radical (unpaired) electrons. The molecular weight excluding hydrogens is 224 g/mol. The van der Waals surface area contributed by atoms with Gasteiger partial charge in [0.1, 0.15) is 0 Å². The summed E-state index contributed by atoms with van der Waals surface area (Å²) in [4.78, 5) is 12.7. The molecule has 18 heavy (non-hydrogen) atoms. The lowest BCUT2D eigenvalue weighted by Gasteiger charge is -2.44. The fraction of sp³-hybridized carbons (Fsp3) is 0.562. The molecule has 2 rings (SSSR count). The van der Waals surface area contributed by atoms with Crippen molar-refractivity contribution in [3.63, 3.8) is 0 Å². The topological polar surface area (TPSA) is 37.3 Å².